The van der Waals surface area contributed by atoms with Gasteiger partial charge in [-0.25, -0.2) is 4.31 Å². The van der Waals surface area contributed by atoms with E-state index in [0.717, 1.165) is 11.3 Å². The van der Waals surface area contributed by atoms with Crippen LogP contribution in [0.3, 0.4) is 0 Å². The fourth-order valence-electron chi connectivity index (χ4n) is 4.16. The number of piperidine rings is 1. The van der Waals surface area contributed by atoms with Gasteiger partial charge >= 0.3 is 10.2 Å². The number of anilines is 2. The lowest BCUT2D eigenvalue weighted by molar-refractivity contribution is -0.133. The fourth-order valence-corrected chi connectivity index (χ4v) is 5.82. The molecule has 0 aromatic heterocycles. The Labute approximate surface area is 166 Å². The number of carbonyl (C=O) groups is 1. The third-order valence-electron chi connectivity index (χ3n) is 5.83. The number of benzene rings is 2. The van der Waals surface area contributed by atoms with Crippen LogP contribution in [0.2, 0.25) is 0 Å². The van der Waals surface area contributed by atoms with E-state index in [1.165, 1.54) is 4.31 Å². The second-order valence-corrected chi connectivity index (χ2v) is 9.29. The van der Waals surface area contributed by atoms with Crippen molar-refractivity contribution in [2.24, 2.45) is 0 Å². The molecule has 1 fully saturated rings. The van der Waals surface area contributed by atoms with Gasteiger partial charge in [-0.15, -0.1) is 0 Å². The van der Waals surface area contributed by atoms with Gasteiger partial charge in [0.2, 0.25) is 5.91 Å². The summed E-state index contributed by atoms with van der Waals surface area (Å²) < 4.78 is 28.7. The van der Waals surface area contributed by atoms with E-state index in [2.05, 4.69) is 0 Å². The lowest BCUT2D eigenvalue weighted by Crippen LogP contribution is -2.50. The molecular weight excluding hydrogens is 374 g/mol. The van der Waals surface area contributed by atoms with Gasteiger partial charge in [-0.05, 0) is 37.5 Å². The van der Waals surface area contributed by atoms with Crippen LogP contribution >= 0.6 is 0 Å². The first-order valence-electron chi connectivity index (χ1n) is 9.62. The van der Waals surface area contributed by atoms with E-state index < -0.39 is 10.2 Å². The van der Waals surface area contributed by atoms with E-state index in [1.807, 2.05) is 66.4 Å². The lowest BCUT2D eigenvalue weighted by Gasteiger charge is -2.37. The van der Waals surface area contributed by atoms with Crippen molar-refractivity contribution in [1.29, 1.82) is 0 Å². The van der Waals surface area contributed by atoms with Gasteiger partial charge in [0.15, 0.2) is 0 Å². The van der Waals surface area contributed by atoms with Crippen LogP contribution in [0.5, 0.6) is 0 Å². The Morgan fingerprint density at radius 1 is 0.964 bits per heavy atom. The van der Waals surface area contributed by atoms with Crippen molar-refractivity contribution < 1.29 is 13.2 Å². The molecule has 1 unspecified atom stereocenters. The highest BCUT2D eigenvalue weighted by molar-refractivity contribution is 7.94. The number of hydrogen-bond donors (Lipinski definition) is 0. The minimum Gasteiger partial charge on any atom is -0.342 e. The predicted octanol–water partition coefficient (Wildman–Crippen LogP) is 2.98. The first-order chi connectivity index (χ1) is 13.4. The number of rotatable bonds is 3. The Hall–Kier alpha value is -2.54. The van der Waals surface area contributed by atoms with Crippen LogP contribution in [0.25, 0.3) is 0 Å². The summed E-state index contributed by atoms with van der Waals surface area (Å²) in [5.41, 5.74) is 2.44. The summed E-state index contributed by atoms with van der Waals surface area (Å²) in [4.78, 5) is 14.8. The van der Waals surface area contributed by atoms with Crippen molar-refractivity contribution >= 4 is 27.5 Å². The molecule has 1 amide bonds. The molecule has 0 aliphatic carbocycles. The summed E-state index contributed by atoms with van der Waals surface area (Å²) in [7, 11) is -1.97. The Bertz CT molecular complexity index is 969. The van der Waals surface area contributed by atoms with Crippen molar-refractivity contribution in [3.8, 4) is 0 Å². The molecule has 0 spiro atoms. The molecule has 0 bridgehead atoms. The maximum absolute atomic E-state index is 12.9. The van der Waals surface area contributed by atoms with Gasteiger partial charge in [-0.2, -0.15) is 8.42 Å². The van der Waals surface area contributed by atoms with Crippen molar-refractivity contribution in [2.75, 3.05) is 28.7 Å². The number of likely N-dealkylation sites (tertiary alicyclic amines) is 1. The summed E-state index contributed by atoms with van der Waals surface area (Å²) in [6.45, 7) is 3.07. The van der Waals surface area contributed by atoms with Gasteiger partial charge in [-0.1, -0.05) is 42.5 Å². The fraction of sp³-hybridized carbons (Fsp3) is 0.381. The highest BCUT2D eigenvalue weighted by atomic mass is 32.2. The number of hydrogen-bond acceptors (Lipinski definition) is 3. The Balaban J connectivity index is 1.48. The van der Waals surface area contributed by atoms with Crippen LogP contribution in [0.1, 0.15) is 31.2 Å². The monoisotopic (exact) mass is 399 g/mol. The molecule has 0 radical (unpaired) electrons. The Kier molecular flexibility index (Phi) is 4.79. The molecule has 6 nitrogen and oxygen atoms in total. The number of nitrogens with zero attached hydrogens (tertiary/aromatic N) is 3. The molecule has 4 rings (SSSR count). The number of fused-ring (bicyclic) bond motifs is 1. The minimum absolute atomic E-state index is 0.103. The van der Waals surface area contributed by atoms with E-state index >= 15 is 0 Å². The standard InChI is InChI=1S/C21H25N3O3S/c1-16(17-8-4-3-5-9-17)21(25)23-14-12-18(13-15-23)24-20-11-7-6-10-19(20)22(2)28(24,26)27/h3-11,16,18H,12-15H2,1-2H3. The van der Waals surface area contributed by atoms with Gasteiger partial charge in [0, 0.05) is 20.1 Å². The Morgan fingerprint density at radius 3 is 2.18 bits per heavy atom. The molecule has 2 heterocycles. The third kappa shape index (κ3) is 3.03. The summed E-state index contributed by atoms with van der Waals surface area (Å²) in [6, 6.07) is 17.0. The number of para-hydroxylation sites is 2. The summed E-state index contributed by atoms with van der Waals surface area (Å²) in [5, 5.41) is 0. The van der Waals surface area contributed by atoms with E-state index in [1.54, 1.807) is 11.4 Å². The van der Waals surface area contributed by atoms with Gasteiger partial charge in [0.1, 0.15) is 0 Å². The van der Waals surface area contributed by atoms with Gasteiger partial charge in [0.05, 0.1) is 23.3 Å². The number of amides is 1. The smallest absolute Gasteiger partial charge is 0.326 e. The zero-order chi connectivity index (χ0) is 19.9. The van der Waals surface area contributed by atoms with Crippen LogP contribution in [0.4, 0.5) is 11.4 Å². The third-order valence-corrected chi connectivity index (χ3v) is 7.71. The van der Waals surface area contributed by atoms with Crippen LogP contribution in [-0.4, -0.2) is 45.4 Å². The Morgan fingerprint density at radius 2 is 1.54 bits per heavy atom. The molecule has 28 heavy (non-hydrogen) atoms. The lowest BCUT2D eigenvalue weighted by atomic mass is 9.97. The molecule has 0 N–H and O–H groups in total. The average molecular weight is 400 g/mol. The first kappa shape index (κ1) is 18.8. The topological polar surface area (TPSA) is 60.9 Å². The van der Waals surface area contributed by atoms with Crippen LogP contribution in [0, 0.1) is 0 Å². The largest absolute Gasteiger partial charge is 0.342 e. The molecule has 7 heteroatoms. The zero-order valence-electron chi connectivity index (χ0n) is 16.2. The molecule has 1 atom stereocenters. The second kappa shape index (κ2) is 7.13. The van der Waals surface area contributed by atoms with E-state index in [0.29, 0.717) is 31.6 Å². The highest BCUT2D eigenvalue weighted by Crippen LogP contribution is 2.42. The van der Waals surface area contributed by atoms with Crippen molar-refractivity contribution in [3.63, 3.8) is 0 Å². The number of carbonyl (C=O) groups excluding carboxylic acids is 1. The van der Waals surface area contributed by atoms with Crippen LogP contribution in [-0.2, 0) is 15.0 Å². The summed E-state index contributed by atoms with van der Waals surface area (Å²) in [6.07, 6.45) is 1.27. The quantitative estimate of drug-likeness (QED) is 0.797. The normalized spacial score (nSPS) is 20.1. The zero-order valence-corrected chi connectivity index (χ0v) is 17.0. The SMILES string of the molecule is CC(C(=O)N1CCC(N2c3ccccc3N(C)S2(=O)=O)CC1)c1ccccc1. The molecule has 2 aliphatic heterocycles. The van der Waals surface area contributed by atoms with E-state index in [-0.39, 0.29) is 17.9 Å². The maximum atomic E-state index is 12.9. The van der Waals surface area contributed by atoms with E-state index in [4.69, 9.17) is 0 Å². The highest BCUT2D eigenvalue weighted by Gasteiger charge is 2.43. The molecule has 0 saturated carbocycles. The average Bonchev–Trinajstić information content (AvgIpc) is 2.93. The second-order valence-electron chi connectivity index (χ2n) is 7.45. The van der Waals surface area contributed by atoms with Crippen molar-refractivity contribution in [3.05, 3.63) is 60.2 Å². The van der Waals surface area contributed by atoms with E-state index in [9.17, 15) is 13.2 Å². The molecule has 1 saturated heterocycles. The first-order valence-corrected chi connectivity index (χ1v) is 11.0. The minimum atomic E-state index is -3.56. The van der Waals surface area contributed by atoms with Gasteiger partial charge in [0.25, 0.3) is 0 Å². The molecule has 2 aliphatic rings. The van der Waals surface area contributed by atoms with Gasteiger partial charge < -0.3 is 4.90 Å². The molecule has 148 valence electrons. The van der Waals surface area contributed by atoms with Crippen molar-refractivity contribution in [1.82, 2.24) is 4.90 Å². The predicted molar refractivity (Wildman–Crippen MR) is 111 cm³/mol. The molecule has 2 aromatic carbocycles. The van der Waals surface area contributed by atoms with Crippen molar-refractivity contribution in [2.45, 2.75) is 31.7 Å². The maximum Gasteiger partial charge on any atom is 0.326 e. The molecule has 2 aromatic rings. The molecular formula is C21H25N3O3S. The summed E-state index contributed by atoms with van der Waals surface area (Å²) in [5.74, 6) is -0.0911. The van der Waals surface area contributed by atoms with Crippen LogP contribution < -0.4 is 8.61 Å². The van der Waals surface area contributed by atoms with Gasteiger partial charge in [-0.3, -0.25) is 9.10 Å². The van der Waals surface area contributed by atoms with Crippen LogP contribution in [0.15, 0.2) is 54.6 Å². The summed E-state index contributed by atoms with van der Waals surface area (Å²) >= 11 is 0.